The highest BCUT2D eigenvalue weighted by Gasteiger charge is 2.25. The van der Waals surface area contributed by atoms with Crippen LogP contribution in [0.4, 0.5) is 5.82 Å². The standard InChI is InChI=1S/C26H29N5O2/c27-26(33)21-8-5-13-30(16-21)17-25(32)28-24-15-23(29-31(24)22-9-2-1-3-10-22)20-12-11-18-6-4-7-19(18)14-20/h1-3,9-12,14-15,21H,4-8,13,16-17H2,(H2,27,33)(H,28,32). The van der Waals surface area contributed by atoms with Crippen molar-refractivity contribution in [2.45, 2.75) is 32.1 Å². The molecule has 5 rings (SSSR count). The lowest BCUT2D eigenvalue weighted by atomic mass is 9.97. The number of nitrogens with one attached hydrogen (secondary N) is 1. The fraction of sp³-hybridized carbons (Fsp3) is 0.346. The fourth-order valence-corrected chi connectivity index (χ4v) is 4.93. The van der Waals surface area contributed by atoms with Crippen molar-refractivity contribution < 1.29 is 9.59 Å². The van der Waals surface area contributed by atoms with Gasteiger partial charge < -0.3 is 11.1 Å². The van der Waals surface area contributed by atoms with Crippen LogP contribution in [0.1, 0.15) is 30.4 Å². The predicted octanol–water partition coefficient (Wildman–Crippen LogP) is 3.16. The fourth-order valence-electron chi connectivity index (χ4n) is 4.93. The topological polar surface area (TPSA) is 93.2 Å². The minimum absolute atomic E-state index is 0.127. The van der Waals surface area contributed by atoms with Crippen LogP contribution in [0.15, 0.2) is 54.6 Å². The van der Waals surface area contributed by atoms with Gasteiger partial charge in [-0.1, -0.05) is 30.3 Å². The molecule has 0 bridgehead atoms. The Morgan fingerprint density at radius 3 is 2.67 bits per heavy atom. The van der Waals surface area contributed by atoms with Crippen molar-refractivity contribution >= 4 is 17.6 Å². The van der Waals surface area contributed by atoms with Crippen molar-refractivity contribution in [3.8, 4) is 16.9 Å². The average Bonchev–Trinajstić information content (AvgIpc) is 3.46. The first-order valence-electron chi connectivity index (χ1n) is 11.7. The maximum Gasteiger partial charge on any atom is 0.239 e. The molecule has 1 aliphatic heterocycles. The van der Waals surface area contributed by atoms with Crippen molar-refractivity contribution in [3.63, 3.8) is 0 Å². The molecule has 2 heterocycles. The second kappa shape index (κ2) is 9.19. The van der Waals surface area contributed by atoms with E-state index >= 15 is 0 Å². The summed E-state index contributed by atoms with van der Waals surface area (Å²) in [7, 11) is 0. The zero-order chi connectivity index (χ0) is 22.8. The number of nitrogens with two attached hydrogens (primary N) is 1. The number of aryl methyl sites for hydroxylation is 2. The van der Waals surface area contributed by atoms with Crippen LogP contribution in [-0.4, -0.2) is 46.1 Å². The number of nitrogens with zero attached hydrogens (tertiary/aromatic N) is 3. The molecule has 1 aliphatic carbocycles. The molecule has 1 saturated heterocycles. The van der Waals surface area contributed by atoms with Gasteiger partial charge in [-0.25, -0.2) is 4.68 Å². The molecule has 0 saturated carbocycles. The molecule has 0 spiro atoms. The van der Waals surface area contributed by atoms with Gasteiger partial charge in [-0.3, -0.25) is 14.5 Å². The first kappa shape index (κ1) is 21.4. The number of primary amides is 1. The van der Waals surface area contributed by atoms with Crippen LogP contribution in [0.25, 0.3) is 16.9 Å². The maximum atomic E-state index is 12.9. The molecule has 0 radical (unpaired) electrons. The minimum Gasteiger partial charge on any atom is -0.369 e. The van der Waals surface area contributed by atoms with E-state index in [4.69, 9.17) is 10.8 Å². The molecule has 1 fully saturated rings. The predicted molar refractivity (Wildman–Crippen MR) is 128 cm³/mol. The minimum atomic E-state index is -0.291. The summed E-state index contributed by atoms with van der Waals surface area (Å²) in [6, 6.07) is 18.3. The van der Waals surface area contributed by atoms with Crippen LogP contribution in [-0.2, 0) is 22.4 Å². The van der Waals surface area contributed by atoms with Gasteiger partial charge in [0, 0.05) is 18.2 Å². The Balaban J connectivity index is 1.39. The van der Waals surface area contributed by atoms with E-state index in [1.165, 1.54) is 17.5 Å². The number of anilines is 1. The van der Waals surface area contributed by atoms with Crippen LogP contribution in [0.2, 0.25) is 0 Å². The number of para-hydroxylation sites is 1. The van der Waals surface area contributed by atoms with Gasteiger partial charge >= 0.3 is 0 Å². The number of fused-ring (bicyclic) bond motifs is 1. The Hall–Kier alpha value is -3.45. The lowest BCUT2D eigenvalue weighted by Gasteiger charge is -2.30. The third kappa shape index (κ3) is 4.68. The zero-order valence-corrected chi connectivity index (χ0v) is 18.7. The van der Waals surface area contributed by atoms with Gasteiger partial charge in [0.05, 0.1) is 23.8 Å². The number of aromatic nitrogens is 2. The van der Waals surface area contributed by atoms with E-state index in [1.807, 2.05) is 41.3 Å². The van der Waals surface area contributed by atoms with Crippen molar-refractivity contribution in [3.05, 3.63) is 65.7 Å². The summed E-state index contributed by atoms with van der Waals surface area (Å²) in [5, 5.41) is 7.89. The number of carbonyl (C=O) groups is 2. The van der Waals surface area contributed by atoms with Gasteiger partial charge in [-0.15, -0.1) is 0 Å². The molecule has 33 heavy (non-hydrogen) atoms. The van der Waals surface area contributed by atoms with E-state index < -0.39 is 0 Å². The van der Waals surface area contributed by atoms with Crippen molar-refractivity contribution in [1.82, 2.24) is 14.7 Å². The van der Waals surface area contributed by atoms with Gasteiger partial charge in [0.1, 0.15) is 5.82 Å². The Labute approximate surface area is 193 Å². The number of hydrogen-bond donors (Lipinski definition) is 2. The molecule has 3 aromatic rings. The number of likely N-dealkylation sites (tertiary alicyclic amines) is 1. The monoisotopic (exact) mass is 443 g/mol. The van der Waals surface area contributed by atoms with Crippen LogP contribution in [0.3, 0.4) is 0 Å². The largest absolute Gasteiger partial charge is 0.369 e. The SMILES string of the molecule is NC(=O)C1CCCN(CC(=O)Nc2cc(-c3ccc4c(c3)CCC4)nn2-c2ccccc2)C1. The van der Waals surface area contributed by atoms with Crippen LogP contribution < -0.4 is 11.1 Å². The summed E-state index contributed by atoms with van der Waals surface area (Å²) in [6.07, 6.45) is 5.10. The molecule has 1 atom stereocenters. The number of piperidine rings is 1. The number of amides is 2. The van der Waals surface area contributed by atoms with Crippen LogP contribution in [0, 0.1) is 5.92 Å². The van der Waals surface area contributed by atoms with Gasteiger partial charge in [0.25, 0.3) is 0 Å². The summed E-state index contributed by atoms with van der Waals surface area (Å²) >= 11 is 0. The van der Waals surface area contributed by atoms with Crippen molar-refractivity contribution in [1.29, 1.82) is 0 Å². The molecule has 2 aliphatic rings. The summed E-state index contributed by atoms with van der Waals surface area (Å²) < 4.78 is 1.78. The highest BCUT2D eigenvalue weighted by molar-refractivity contribution is 5.92. The molecule has 2 aromatic carbocycles. The third-order valence-corrected chi connectivity index (χ3v) is 6.65. The summed E-state index contributed by atoms with van der Waals surface area (Å²) in [4.78, 5) is 26.5. The number of hydrogen-bond acceptors (Lipinski definition) is 4. The van der Waals surface area contributed by atoms with Gasteiger partial charge in [-0.2, -0.15) is 5.10 Å². The third-order valence-electron chi connectivity index (χ3n) is 6.65. The number of carbonyl (C=O) groups excluding carboxylic acids is 2. The highest BCUT2D eigenvalue weighted by Crippen LogP contribution is 2.30. The second-order valence-electron chi connectivity index (χ2n) is 9.02. The van der Waals surface area contributed by atoms with E-state index in [9.17, 15) is 9.59 Å². The van der Waals surface area contributed by atoms with Crippen molar-refractivity contribution in [2.75, 3.05) is 25.0 Å². The molecule has 2 amide bonds. The maximum absolute atomic E-state index is 12.9. The van der Waals surface area contributed by atoms with E-state index in [2.05, 4.69) is 23.5 Å². The van der Waals surface area contributed by atoms with E-state index in [1.54, 1.807) is 4.68 Å². The van der Waals surface area contributed by atoms with Crippen LogP contribution in [0.5, 0.6) is 0 Å². The molecule has 170 valence electrons. The summed E-state index contributed by atoms with van der Waals surface area (Å²) in [5.41, 5.74) is 11.1. The van der Waals surface area contributed by atoms with E-state index in [-0.39, 0.29) is 24.3 Å². The summed E-state index contributed by atoms with van der Waals surface area (Å²) in [5.74, 6) is 0.0249. The first-order chi connectivity index (χ1) is 16.1. The highest BCUT2D eigenvalue weighted by atomic mass is 16.2. The molecule has 7 nitrogen and oxygen atoms in total. The molecule has 3 N–H and O–H groups in total. The quantitative estimate of drug-likeness (QED) is 0.612. The molecule has 1 aromatic heterocycles. The van der Waals surface area contributed by atoms with Crippen LogP contribution >= 0.6 is 0 Å². The lowest BCUT2D eigenvalue weighted by Crippen LogP contribution is -2.44. The van der Waals surface area contributed by atoms with Crippen molar-refractivity contribution in [2.24, 2.45) is 11.7 Å². The average molecular weight is 444 g/mol. The van der Waals surface area contributed by atoms with E-state index in [0.29, 0.717) is 12.4 Å². The molecule has 1 unspecified atom stereocenters. The van der Waals surface area contributed by atoms with E-state index in [0.717, 1.165) is 49.2 Å². The number of rotatable bonds is 6. The normalized spacial score (nSPS) is 18.1. The van der Waals surface area contributed by atoms with Gasteiger partial charge in [0.15, 0.2) is 0 Å². The smallest absolute Gasteiger partial charge is 0.239 e. The Kier molecular flexibility index (Phi) is 5.96. The molecule has 7 heteroatoms. The summed E-state index contributed by atoms with van der Waals surface area (Å²) in [6.45, 7) is 1.54. The Bertz CT molecular complexity index is 1170. The lowest BCUT2D eigenvalue weighted by molar-refractivity contribution is -0.125. The Morgan fingerprint density at radius 2 is 1.85 bits per heavy atom. The first-order valence-corrected chi connectivity index (χ1v) is 11.7. The second-order valence-corrected chi connectivity index (χ2v) is 9.02. The molecular weight excluding hydrogens is 414 g/mol. The van der Waals surface area contributed by atoms with Gasteiger partial charge in [0.2, 0.25) is 11.8 Å². The zero-order valence-electron chi connectivity index (χ0n) is 18.7. The number of benzene rings is 2. The van der Waals surface area contributed by atoms with Gasteiger partial charge in [-0.05, 0) is 68.0 Å². The Morgan fingerprint density at radius 1 is 1.03 bits per heavy atom. The molecular formula is C26H29N5O2.